The van der Waals surface area contributed by atoms with Crippen molar-refractivity contribution in [1.29, 1.82) is 5.26 Å². The van der Waals surface area contributed by atoms with E-state index in [0.29, 0.717) is 6.54 Å². The second-order valence-corrected chi connectivity index (χ2v) is 3.60. The molecule has 0 fully saturated rings. The fraction of sp³-hybridized carbons (Fsp3) is 0.800. The summed E-state index contributed by atoms with van der Waals surface area (Å²) in [5.74, 6) is -0.916. The summed E-state index contributed by atoms with van der Waals surface area (Å²) in [5, 5.41) is 25.1. The van der Waals surface area contributed by atoms with Gasteiger partial charge in [0.2, 0.25) is 0 Å². The van der Waals surface area contributed by atoms with Crippen LogP contribution in [0.1, 0.15) is 39.5 Å². The summed E-state index contributed by atoms with van der Waals surface area (Å²) < 4.78 is 0. The lowest BCUT2D eigenvalue weighted by Crippen LogP contribution is -2.20. The van der Waals surface area contributed by atoms with E-state index in [0.717, 1.165) is 12.8 Å². The molecule has 0 aliphatic heterocycles. The lowest BCUT2D eigenvalue weighted by molar-refractivity contribution is -0.137. The van der Waals surface area contributed by atoms with Gasteiger partial charge in [-0.25, -0.2) is 0 Å². The Morgan fingerprint density at radius 3 is 2.73 bits per heavy atom. The molecule has 0 aromatic carbocycles. The minimum Gasteiger partial charge on any atom is -0.481 e. The van der Waals surface area contributed by atoms with Crippen molar-refractivity contribution in [2.75, 3.05) is 6.54 Å². The summed E-state index contributed by atoms with van der Waals surface area (Å²) >= 11 is 0. The molecule has 84 valence electrons. The fourth-order valence-corrected chi connectivity index (χ4v) is 0.913. The molecule has 1 atom stereocenters. The van der Waals surface area contributed by atoms with Crippen molar-refractivity contribution in [3.8, 4) is 6.07 Å². The Kier molecular flexibility index (Phi) is 6.27. The molecule has 0 rings (SSSR count). The number of carbonyl (C=O) groups is 1. The molecule has 0 amide bonds. The van der Waals surface area contributed by atoms with Gasteiger partial charge in [0.1, 0.15) is 0 Å². The van der Waals surface area contributed by atoms with Crippen molar-refractivity contribution in [1.82, 2.24) is 0 Å². The molecule has 15 heavy (non-hydrogen) atoms. The van der Waals surface area contributed by atoms with Crippen LogP contribution in [0.25, 0.3) is 0 Å². The van der Waals surface area contributed by atoms with Gasteiger partial charge in [0, 0.05) is 6.42 Å². The molecule has 5 nitrogen and oxygen atoms in total. The zero-order valence-electron chi connectivity index (χ0n) is 9.23. The average Bonchev–Trinajstić information content (AvgIpc) is 2.22. The molecule has 0 radical (unpaired) electrons. The molecule has 0 heterocycles. The van der Waals surface area contributed by atoms with E-state index in [1.165, 1.54) is 0 Å². The van der Waals surface area contributed by atoms with Gasteiger partial charge in [-0.05, 0) is 19.8 Å². The van der Waals surface area contributed by atoms with Crippen molar-refractivity contribution >= 4 is 5.97 Å². The highest BCUT2D eigenvalue weighted by Crippen LogP contribution is 2.17. The van der Waals surface area contributed by atoms with Crippen LogP contribution in [-0.2, 0) is 4.79 Å². The number of azo groups is 1. The van der Waals surface area contributed by atoms with Crippen molar-refractivity contribution in [3.63, 3.8) is 0 Å². The highest BCUT2D eigenvalue weighted by molar-refractivity contribution is 5.66. The van der Waals surface area contributed by atoms with E-state index in [9.17, 15) is 4.79 Å². The lowest BCUT2D eigenvalue weighted by Gasteiger charge is -2.12. The SMILES string of the molecule is CCCCN=NC(C)(C#N)CCC(=O)O. The Bertz CT molecular complexity index is 270. The monoisotopic (exact) mass is 211 g/mol. The third-order valence-electron chi connectivity index (χ3n) is 1.97. The summed E-state index contributed by atoms with van der Waals surface area (Å²) in [6, 6.07) is 1.99. The van der Waals surface area contributed by atoms with Crippen LogP contribution in [0.5, 0.6) is 0 Å². The highest BCUT2D eigenvalue weighted by atomic mass is 16.4. The number of unbranched alkanes of at least 4 members (excludes halogenated alkanes) is 1. The Balaban J connectivity index is 4.13. The number of nitriles is 1. The number of carboxylic acid groups (broad SMARTS) is 1. The standard InChI is InChI=1S/C10H17N3O2/c1-3-4-7-12-13-10(2,8-11)6-5-9(14)15/h3-7H2,1-2H3,(H,14,15). The number of nitrogens with zero attached hydrogens (tertiary/aromatic N) is 3. The van der Waals surface area contributed by atoms with Crippen molar-refractivity contribution in [2.24, 2.45) is 10.2 Å². The summed E-state index contributed by atoms with van der Waals surface area (Å²) in [5.41, 5.74) is -0.994. The van der Waals surface area contributed by atoms with E-state index in [4.69, 9.17) is 10.4 Å². The van der Waals surface area contributed by atoms with E-state index in [1.807, 2.05) is 13.0 Å². The summed E-state index contributed by atoms with van der Waals surface area (Å²) in [7, 11) is 0. The number of hydrogen-bond acceptors (Lipinski definition) is 4. The Hall–Kier alpha value is -1.44. The van der Waals surface area contributed by atoms with Crippen LogP contribution in [-0.4, -0.2) is 23.2 Å². The van der Waals surface area contributed by atoms with Gasteiger partial charge in [-0.1, -0.05) is 13.3 Å². The third kappa shape index (κ3) is 6.61. The maximum Gasteiger partial charge on any atom is 0.303 e. The molecular weight excluding hydrogens is 194 g/mol. The first kappa shape index (κ1) is 13.6. The summed E-state index contributed by atoms with van der Waals surface area (Å²) in [6.45, 7) is 4.25. The smallest absolute Gasteiger partial charge is 0.303 e. The topological polar surface area (TPSA) is 85.8 Å². The Morgan fingerprint density at radius 1 is 1.60 bits per heavy atom. The third-order valence-corrected chi connectivity index (χ3v) is 1.97. The van der Waals surface area contributed by atoms with Crippen LogP contribution in [0.4, 0.5) is 0 Å². The summed E-state index contributed by atoms with van der Waals surface area (Å²) in [4.78, 5) is 10.4. The first-order valence-electron chi connectivity index (χ1n) is 5.06. The van der Waals surface area contributed by atoms with Gasteiger partial charge in [-0.3, -0.25) is 4.79 Å². The van der Waals surface area contributed by atoms with Crippen molar-refractivity contribution in [2.45, 2.75) is 45.1 Å². The predicted octanol–water partition coefficient (Wildman–Crippen LogP) is 2.39. The van der Waals surface area contributed by atoms with Gasteiger partial charge in [0.05, 0.1) is 12.6 Å². The van der Waals surface area contributed by atoms with Gasteiger partial charge < -0.3 is 5.11 Å². The number of hydrogen-bond donors (Lipinski definition) is 1. The van der Waals surface area contributed by atoms with Crippen LogP contribution in [0.2, 0.25) is 0 Å². The quantitative estimate of drug-likeness (QED) is 0.518. The number of rotatable bonds is 7. The average molecular weight is 211 g/mol. The zero-order chi connectivity index (χ0) is 11.7. The minimum atomic E-state index is -0.994. The number of carboxylic acids is 1. The molecule has 0 saturated carbocycles. The van der Waals surface area contributed by atoms with E-state index >= 15 is 0 Å². The van der Waals surface area contributed by atoms with Gasteiger partial charge in [-0.2, -0.15) is 15.5 Å². The van der Waals surface area contributed by atoms with Crippen LogP contribution < -0.4 is 0 Å². The van der Waals surface area contributed by atoms with Gasteiger partial charge in [0.15, 0.2) is 5.54 Å². The van der Waals surface area contributed by atoms with E-state index in [-0.39, 0.29) is 12.8 Å². The molecule has 0 saturated heterocycles. The van der Waals surface area contributed by atoms with E-state index < -0.39 is 11.5 Å². The first-order valence-corrected chi connectivity index (χ1v) is 5.06. The van der Waals surface area contributed by atoms with Crippen molar-refractivity contribution in [3.05, 3.63) is 0 Å². The second kappa shape index (κ2) is 6.93. The molecule has 1 unspecified atom stereocenters. The first-order chi connectivity index (χ1) is 7.04. The largest absolute Gasteiger partial charge is 0.481 e. The van der Waals surface area contributed by atoms with Crippen LogP contribution in [0.3, 0.4) is 0 Å². The number of aliphatic carboxylic acids is 1. The second-order valence-electron chi connectivity index (χ2n) is 3.60. The van der Waals surface area contributed by atoms with E-state index in [1.54, 1.807) is 6.92 Å². The molecule has 0 aliphatic carbocycles. The van der Waals surface area contributed by atoms with E-state index in [2.05, 4.69) is 10.2 Å². The van der Waals surface area contributed by atoms with Crippen LogP contribution in [0.15, 0.2) is 10.2 Å². The van der Waals surface area contributed by atoms with Crippen LogP contribution >= 0.6 is 0 Å². The molecule has 0 aromatic rings. The minimum absolute atomic E-state index is 0.0587. The van der Waals surface area contributed by atoms with Gasteiger partial charge in [0.25, 0.3) is 0 Å². The molecule has 0 aliphatic rings. The lowest BCUT2D eigenvalue weighted by atomic mass is 9.99. The Morgan fingerprint density at radius 2 is 2.27 bits per heavy atom. The van der Waals surface area contributed by atoms with Crippen LogP contribution in [0, 0.1) is 11.3 Å². The maximum atomic E-state index is 10.4. The Labute approximate surface area is 89.8 Å². The zero-order valence-corrected chi connectivity index (χ0v) is 9.23. The molecule has 0 aromatic heterocycles. The molecular formula is C10H17N3O2. The van der Waals surface area contributed by atoms with Crippen molar-refractivity contribution < 1.29 is 9.90 Å². The molecule has 5 heteroatoms. The molecule has 1 N–H and O–H groups in total. The highest BCUT2D eigenvalue weighted by Gasteiger charge is 2.24. The normalized spacial score (nSPS) is 14.7. The molecule has 0 bridgehead atoms. The fourth-order valence-electron chi connectivity index (χ4n) is 0.913. The predicted molar refractivity (Wildman–Crippen MR) is 55.5 cm³/mol. The summed E-state index contributed by atoms with van der Waals surface area (Å²) in [6.07, 6.45) is 2.10. The molecule has 0 spiro atoms. The van der Waals surface area contributed by atoms with Gasteiger partial charge in [-0.15, -0.1) is 0 Å². The van der Waals surface area contributed by atoms with Gasteiger partial charge >= 0.3 is 5.97 Å². The maximum absolute atomic E-state index is 10.4.